The number of nitrogen functional groups attached to an aromatic ring is 1. The minimum atomic E-state index is -5.03. The minimum absolute atomic E-state index is 0.169. The highest BCUT2D eigenvalue weighted by molar-refractivity contribution is 7.86. The Labute approximate surface area is 232 Å². The standard InChI is InChI=1S/C24H21N5O10S2/c1-38-19-11-17(20(39-2)10-16(19)25)28-26-13-3-5-14(6-4-13)27-29-23-21(41(35,36)37)8-12-7-15(40(32,33)34)9-18(30)22(12)24(23)31/h3-11,30-31H,25H2,1-2H3,(H,32,33,34)(H,35,36,37)/b28-26-,29-27?. The van der Waals surface area contributed by atoms with E-state index in [1.165, 1.54) is 44.6 Å². The van der Waals surface area contributed by atoms with Crippen LogP contribution >= 0.6 is 0 Å². The van der Waals surface area contributed by atoms with E-state index in [9.17, 15) is 36.2 Å². The van der Waals surface area contributed by atoms with E-state index in [0.29, 0.717) is 34.6 Å². The normalized spacial score (nSPS) is 12.4. The van der Waals surface area contributed by atoms with Gasteiger partial charge in [-0.25, -0.2) is 0 Å². The van der Waals surface area contributed by atoms with Crippen molar-refractivity contribution >= 4 is 59.4 Å². The predicted molar refractivity (Wildman–Crippen MR) is 146 cm³/mol. The number of ether oxygens (including phenoxy) is 2. The molecule has 0 heterocycles. The molecule has 17 heteroatoms. The molecule has 0 saturated carbocycles. The van der Waals surface area contributed by atoms with Crippen molar-refractivity contribution in [3.8, 4) is 23.0 Å². The summed E-state index contributed by atoms with van der Waals surface area (Å²) in [5.74, 6) is -0.987. The lowest BCUT2D eigenvalue weighted by molar-refractivity contribution is 0.406. The van der Waals surface area contributed by atoms with Gasteiger partial charge in [-0.15, -0.1) is 10.2 Å². The van der Waals surface area contributed by atoms with Crippen LogP contribution in [0.25, 0.3) is 10.8 Å². The van der Waals surface area contributed by atoms with Crippen LogP contribution in [0.15, 0.2) is 84.8 Å². The molecule has 214 valence electrons. The lowest BCUT2D eigenvalue weighted by Crippen LogP contribution is -2.01. The summed E-state index contributed by atoms with van der Waals surface area (Å²) in [6.45, 7) is 0. The lowest BCUT2D eigenvalue weighted by atomic mass is 10.1. The van der Waals surface area contributed by atoms with Crippen molar-refractivity contribution in [2.75, 3.05) is 20.0 Å². The van der Waals surface area contributed by atoms with Gasteiger partial charge in [0, 0.05) is 18.2 Å². The third-order valence-corrected chi connectivity index (χ3v) is 7.30. The van der Waals surface area contributed by atoms with E-state index < -0.39 is 52.6 Å². The SMILES string of the molecule is COc1cc(/N=N\c2ccc(N=Nc3c(S(=O)(=O)O)cc4cc(S(=O)(=O)O)cc(O)c4c3O)cc2)c(OC)cc1N. The molecule has 0 fully saturated rings. The van der Waals surface area contributed by atoms with Gasteiger partial charge in [-0.2, -0.15) is 27.1 Å². The number of nitrogens with zero attached hydrogens (tertiary/aromatic N) is 4. The van der Waals surface area contributed by atoms with E-state index in [2.05, 4.69) is 20.5 Å². The summed E-state index contributed by atoms with van der Waals surface area (Å²) in [6, 6.07) is 11.2. The monoisotopic (exact) mass is 603 g/mol. The molecular formula is C24H21N5O10S2. The second kappa shape index (κ2) is 11.0. The van der Waals surface area contributed by atoms with Gasteiger partial charge in [-0.1, -0.05) is 0 Å². The molecule has 0 bridgehead atoms. The number of hydrogen-bond donors (Lipinski definition) is 5. The van der Waals surface area contributed by atoms with E-state index in [4.69, 9.17) is 15.2 Å². The molecule has 0 radical (unpaired) electrons. The van der Waals surface area contributed by atoms with Crippen LogP contribution in [0.2, 0.25) is 0 Å². The molecule has 4 rings (SSSR count). The van der Waals surface area contributed by atoms with E-state index in [-0.39, 0.29) is 11.1 Å². The molecular weight excluding hydrogens is 582 g/mol. The number of anilines is 1. The Balaban J connectivity index is 1.70. The Morgan fingerprint density at radius 3 is 1.85 bits per heavy atom. The first-order valence-electron chi connectivity index (χ1n) is 11.2. The van der Waals surface area contributed by atoms with Gasteiger partial charge >= 0.3 is 0 Å². The van der Waals surface area contributed by atoms with Crippen LogP contribution < -0.4 is 15.2 Å². The fourth-order valence-electron chi connectivity index (χ4n) is 3.67. The molecule has 4 aromatic rings. The van der Waals surface area contributed by atoms with Gasteiger partial charge in [-0.3, -0.25) is 9.11 Å². The van der Waals surface area contributed by atoms with E-state index >= 15 is 0 Å². The number of azo groups is 2. The largest absolute Gasteiger partial charge is 0.507 e. The molecule has 41 heavy (non-hydrogen) atoms. The number of hydrogen-bond acceptors (Lipinski definition) is 13. The average molecular weight is 604 g/mol. The maximum atomic E-state index is 12.0. The Hall–Kier alpha value is -4.84. The molecule has 0 atom stereocenters. The fraction of sp³-hybridized carbons (Fsp3) is 0.0833. The first kappa shape index (κ1) is 29.2. The van der Waals surface area contributed by atoms with Gasteiger partial charge in [0.25, 0.3) is 20.2 Å². The second-order valence-corrected chi connectivity index (χ2v) is 11.1. The van der Waals surface area contributed by atoms with Gasteiger partial charge in [0.1, 0.15) is 33.5 Å². The van der Waals surface area contributed by atoms with E-state index in [0.717, 1.165) is 12.1 Å². The molecule has 0 aliphatic rings. The molecule has 15 nitrogen and oxygen atoms in total. The molecule has 0 aliphatic heterocycles. The smallest absolute Gasteiger partial charge is 0.296 e. The van der Waals surface area contributed by atoms with Crippen LogP contribution in [0.1, 0.15) is 0 Å². The molecule has 0 saturated heterocycles. The molecule has 0 amide bonds. The van der Waals surface area contributed by atoms with E-state index in [1.54, 1.807) is 6.07 Å². The van der Waals surface area contributed by atoms with Crippen molar-refractivity contribution in [1.29, 1.82) is 0 Å². The zero-order valence-electron chi connectivity index (χ0n) is 21.1. The zero-order chi connectivity index (χ0) is 30.1. The van der Waals surface area contributed by atoms with Crippen LogP contribution in [-0.2, 0) is 20.2 Å². The summed E-state index contributed by atoms with van der Waals surface area (Å²) < 4.78 is 76.4. The first-order chi connectivity index (χ1) is 19.2. The number of nitrogens with two attached hydrogens (primary N) is 1. The third kappa shape index (κ3) is 6.17. The van der Waals surface area contributed by atoms with Gasteiger partial charge in [0.05, 0.1) is 41.6 Å². The summed E-state index contributed by atoms with van der Waals surface area (Å²) in [7, 11) is -6.93. The number of phenolic OH excluding ortho intramolecular Hbond substituents is 2. The topological polar surface area (TPSA) is 243 Å². The number of rotatable bonds is 8. The minimum Gasteiger partial charge on any atom is -0.507 e. The van der Waals surface area contributed by atoms with Crippen molar-refractivity contribution in [2.24, 2.45) is 20.5 Å². The van der Waals surface area contributed by atoms with Gasteiger partial charge in [0.15, 0.2) is 5.75 Å². The highest BCUT2D eigenvalue weighted by Gasteiger charge is 2.25. The maximum Gasteiger partial charge on any atom is 0.296 e. The Morgan fingerprint density at radius 2 is 1.32 bits per heavy atom. The van der Waals surface area contributed by atoms with Crippen LogP contribution in [0.5, 0.6) is 23.0 Å². The second-order valence-electron chi connectivity index (χ2n) is 8.24. The fourth-order valence-corrected chi connectivity index (χ4v) is 4.86. The third-order valence-electron chi connectivity index (χ3n) is 5.60. The average Bonchev–Trinajstić information content (AvgIpc) is 2.90. The van der Waals surface area contributed by atoms with Crippen molar-refractivity contribution in [2.45, 2.75) is 9.79 Å². The van der Waals surface area contributed by atoms with Crippen molar-refractivity contribution in [3.05, 3.63) is 54.6 Å². The van der Waals surface area contributed by atoms with Crippen molar-refractivity contribution in [3.63, 3.8) is 0 Å². The molecule has 6 N–H and O–H groups in total. The number of methoxy groups -OCH3 is 2. The lowest BCUT2D eigenvalue weighted by Gasteiger charge is -2.11. The zero-order valence-corrected chi connectivity index (χ0v) is 22.8. The van der Waals surface area contributed by atoms with Gasteiger partial charge < -0.3 is 25.4 Å². The summed E-state index contributed by atoms with van der Waals surface area (Å²) in [5.41, 5.74) is 6.38. The first-order valence-corrected chi connectivity index (χ1v) is 14.0. The highest BCUT2D eigenvalue weighted by Crippen LogP contribution is 2.45. The molecule has 0 aliphatic carbocycles. The maximum absolute atomic E-state index is 12.0. The number of benzene rings is 4. The van der Waals surface area contributed by atoms with Crippen LogP contribution in [0.3, 0.4) is 0 Å². The molecule has 0 aromatic heterocycles. The van der Waals surface area contributed by atoms with Crippen molar-refractivity contribution in [1.82, 2.24) is 0 Å². The molecule has 0 unspecified atom stereocenters. The van der Waals surface area contributed by atoms with Crippen LogP contribution in [0, 0.1) is 0 Å². The Kier molecular flexibility index (Phi) is 7.80. The molecule has 0 spiro atoms. The number of fused-ring (bicyclic) bond motifs is 1. The Morgan fingerprint density at radius 1 is 0.732 bits per heavy atom. The summed E-state index contributed by atoms with van der Waals surface area (Å²) in [4.78, 5) is -1.71. The quantitative estimate of drug-likeness (QED) is 0.0998. The van der Waals surface area contributed by atoms with Gasteiger partial charge in [-0.05, 0) is 41.8 Å². The predicted octanol–water partition coefficient (Wildman–Crippen LogP) is 5.17. The number of aromatic hydroxyl groups is 2. The summed E-state index contributed by atoms with van der Waals surface area (Å²) in [6.07, 6.45) is 0. The van der Waals surface area contributed by atoms with Crippen LogP contribution in [-0.4, -0.2) is 50.4 Å². The van der Waals surface area contributed by atoms with E-state index in [1.807, 2.05) is 0 Å². The summed E-state index contributed by atoms with van der Waals surface area (Å²) >= 11 is 0. The summed E-state index contributed by atoms with van der Waals surface area (Å²) in [5, 5.41) is 36.1. The number of phenols is 2. The highest BCUT2D eigenvalue weighted by atomic mass is 32.2. The van der Waals surface area contributed by atoms with Crippen molar-refractivity contribution < 1.29 is 45.6 Å². The van der Waals surface area contributed by atoms with Crippen LogP contribution in [0.4, 0.5) is 28.4 Å². The molecule has 4 aromatic carbocycles. The Bertz CT molecular complexity index is 1940. The van der Waals surface area contributed by atoms with Gasteiger partial charge in [0.2, 0.25) is 0 Å².